The molecule has 1 aliphatic heterocycles. The van der Waals surface area contributed by atoms with Crippen LogP contribution in [0.1, 0.15) is 0 Å². The first-order valence-corrected chi connectivity index (χ1v) is 8.50. The zero-order valence-corrected chi connectivity index (χ0v) is 15.7. The Balaban J connectivity index is 1.80. The number of nitrogens with zero attached hydrogens (tertiary/aromatic N) is 2. The van der Waals surface area contributed by atoms with E-state index in [1.165, 1.54) is 0 Å². The first kappa shape index (κ1) is 18.5. The van der Waals surface area contributed by atoms with Crippen LogP contribution in [0.25, 0.3) is 0 Å². The van der Waals surface area contributed by atoms with E-state index in [2.05, 4.69) is 11.4 Å². The molecule has 1 aliphatic rings. The summed E-state index contributed by atoms with van der Waals surface area (Å²) in [6, 6.07) is 14.9. The molecule has 0 spiro atoms. The van der Waals surface area contributed by atoms with Crippen molar-refractivity contribution in [3.63, 3.8) is 0 Å². The van der Waals surface area contributed by atoms with Gasteiger partial charge in [0.25, 0.3) is 0 Å². The molecule has 0 amide bonds. The van der Waals surface area contributed by atoms with Crippen molar-refractivity contribution in [3.8, 4) is 17.6 Å². The largest absolute Gasteiger partial charge is 0.497 e. The molecule has 0 aliphatic carbocycles. The molecule has 2 aromatic rings. The highest BCUT2D eigenvalue weighted by atomic mass is 35.5. The number of anilines is 2. The lowest BCUT2D eigenvalue weighted by atomic mass is 10.2. The molecular weight excluding hydrogens is 366 g/mol. The molecule has 138 valence electrons. The van der Waals surface area contributed by atoms with Crippen LogP contribution in [0.3, 0.4) is 0 Å². The molecule has 0 saturated carbocycles. The molecule has 1 heterocycles. The van der Waals surface area contributed by atoms with Crippen LogP contribution in [-0.2, 0) is 4.74 Å². The molecule has 0 saturated heterocycles. The van der Waals surface area contributed by atoms with Gasteiger partial charge in [0, 0.05) is 12.3 Å². The molecule has 6 nitrogen and oxygen atoms in total. The lowest BCUT2D eigenvalue weighted by Gasteiger charge is -2.16. The van der Waals surface area contributed by atoms with Gasteiger partial charge in [-0.15, -0.1) is 0 Å². The van der Waals surface area contributed by atoms with Crippen molar-refractivity contribution in [3.05, 3.63) is 71.2 Å². The standard InChI is InChI=1S/C20H18ClN3O3/c1-25-14-7-8-16(20(11-14)26-2)23-10-9-19-18(12-22)24(13-27-19)17-6-4-3-5-15(17)21/h3-11,23H,13H2,1-2H3/b10-9+. The van der Waals surface area contributed by atoms with E-state index in [4.69, 9.17) is 25.8 Å². The number of hydrogen-bond donors (Lipinski definition) is 1. The number of nitrogens with one attached hydrogen (secondary N) is 1. The number of rotatable bonds is 6. The number of benzene rings is 2. The molecule has 1 N–H and O–H groups in total. The van der Waals surface area contributed by atoms with E-state index in [1.54, 1.807) is 43.5 Å². The van der Waals surface area contributed by atoms with Gasteiger partial charge in [-0.2, -0.15) is 5.26 Å². The average molecular weight is 384 g/mol. The summed E-state index contributed by atoms with van der Waals surface area (Å²) in [6.07, 6.45) is 3.38. The van der Waals surface area contributed by atoms with Crippen molar-refractivity contribution >= 4 is 23.0 Å². The van der Waals surface area contributed by atoms with Gasteiger partial charge in [-0.1, -0.05) is 23.7 Å². The van der Waals surface area contributed by atoms with Crippen molar-refractivity contribution in [2.45, 2.75) is 0 Å². The van der Waals surface area contributed by atoms with Gasteiger partial charge in [0.05, 0.1) is 30.6 Å². The third-order valence-electron chi connectivity index (χ3n) is 3.98. The highest BCUT2D eigenvalue weighted by molar-refractivity contribution is 6.33. The van der Waals surface area contributed by atoms with Gasteiger partial charge in [-0.05, 0) is 30.3 Å². The number of hydrogen-bond acceptors (Lipinski definition) is 6. The Morgan fingerprint density at radius 1 is 1.22 bits per heavy atom. The summed E-state index contributed by atoms with van der Waals surface area (Å²) in [5.74, 6) is 1.79. The minimum absolute atomic E-state index is 0.220. The second-order valence-electron chi connectivity index (χ2n) is 5.52. The molecule has 7 heteroatoms. The smallest absolute Gasteiger partial charge is 0.166 e. The third-order valence-corrected chi connectivity index (χ3v) is 4.30. The van der Waals surface area contributed by atoms with E-state index in [-0.39, 0.29) is 6.73 Å². The Kier molecular flexibility index (Phi) is 5.74. The van der Waals surface area contributed by atoms with Crippen molar-refractivity contribution in [2.75, 3.05) is 31.2 Å². The predicted octanol–water partition coefficient (Wildman–Crippen LogP) is 4.51. The van der Waals surface area contributed by atoms with E-state index in [1.807, 2.05) is 30.3 Å². The van der Waals surface area contributed by atoms with Gasteiger partial charge >= 0.3 is 0 Å². The van der Waals surface area contributed by atoms with Crippen molar-refractivity contribution in [2.24, 2.45) is 0 Å². The van der Waals surface area contributed by atoms with E-state index in [9.17, 15) is 5.26 Å². The van der Waals surface area contributed by atoms with Crippen LogP contribution in [0.15, 0.2) is 66.2 Å². The minimum Gasteiger partial charge on any atom is -0.497 e. The number of methoxy groups -OCH3 is 2. The first-order valence-electron chi connectivity index (χ1n) is 8.12. The lowest BCUT2D eigenvalue weighted by Crippen LogP contribution is -2.18. The maximum atomic E-state index is 9.55. The zero-order valence-electron chi connectivity index (χ0n) is 14.9. The molecule has 3 rings (SSSR count). The Morgan fingerprint density at radius 2 is 2.04 bits per heavy atom. The molecule has 0 fully saturated rings. The summed E-state index contributed by atoms with van der Waals surface area (Å²) in [5.41, 5.74) is 1.88. The Hall–Kier alpha value is -3.30. The molecule has 0 radical (unpaired) electrons. The fourth-order valence-corrected chi connectivity index (χ4v) is 2.87. The third kappa shape index (κ3) is 3.94. The van der Waals surface area contributed by atoms with Gasteiger partial charge in [-0.25, -0.2) is 0 Å². The maximum Gasteiger partial charge on any atom is 0.166 e. The van der Waals surface area contributed by atoms with Gasteiger partial charge in [0.1, 0.15) is 17.6 Å². The molecule has 0 bridgehead atoms. The van der Waals surface area contributed by atoms with Gasteiger partial charge in [-0.3, -0.25) is 4.90 Å². The fraction of sp³-hybridized carbons (Fsp3) is 0.150. The monoisotopic (exact) mass is 383 g/mol. The molecule has 0 aromatic heterocycles. The van der Waals surface area contributed by atoms with E-state index in [0.717, 1.165) is 11.4 Å². The number of allylic oxidation sites excluding steroid dienone is 2. The summed E-state index contributed by atoms with van der Waals surface area (Å²) in [5, 5.41) is 13.2. The van der Waals surface area contributed by atoms with Crippen LogP contribution in [-0.4, -0.2) is 21.0 Å². The molecule has 0 unspecified atom stereocenters. The molecule has 0 atom stereocenters. The highest BCUT2D eigenvalue weighted by Crippen LogP contribution is 2.33. The van der Waals surface area contributed by atoms with E-state index < -0.39 is 0 Å². The Bertz CT molecular complexity index is 934. The van der Waals surface area contributed by atoms with Crippen LogP contribution in [0, 0.1) is 11.3 Å². The summed E-state index contributed by atoms with van der Waals surface area (Å²) in [7, 11) is 3.18. The molecule has 2 aromatic carbocycles. The number of ether oxygens (including phenoxy) is 3. The number of nitriles is 1. The minimum atomic E-state index is 0.220. The van der Waals surface area contributed by atoms with Crippen LogP contribution < -0.4 is 19.7 Å². The topological polar surface area (TPSA) is 66.8 Å². The quantitative estimate of drug-likeness (QED) is 0.791. The maximum absolute atomic E-state index is 9.55. The molecule has 27 heavy (non-hydrogen) atoms. The fourth-order valence-electron chi connectivity index (χ4n) is 2.63. The van der Waals surface area contributed by atoms with Crippen molar-refractivity contribution < 1.29 is 14.2 Å². The van der Waals surface area contributed by atoms with Crippen molar-refractivity contribution in [1.82, 2.24) is 0 Å². The summed E-state index contributed by atoms with van der Waals surface area (Å²) in [6.45, 7) is 0.220. The van der Waals surface area contributed by atoms with Gasteiger partial charge < -0.3 is 19.5 Å². The highest BCUT2D eigenvalue weighted by Gasteiger charge is 2.25. The zero-order chi connectivity index (χ0) is 19.2. The Labute approximate surface area is 162 Å². The van der Waals surface area contributed by atoms with Crippen LogP contribution >= 0.6 is 11.6 Å². The Morgan fingerprint density at radius 3 is 2.74 bits per heavy atom. The van der Waals surface area contributed by atoms with Crippen LogP contribution in [0.5, 0.6) is 11.5 Å². The average Bonchev–Trinajstić information content (AvgIpc) is 3.11. The summed E-state index contributed by atoms with van der Waals surface area (Å²) < 4.78 is 16.2. The lowest BCUT2D eigenvalue weighted by molar-refractivity contribution is 0.257. The van der Waals surface area contributed by atoms with Crippen LogP contribution in [0.2, 0.25) is 5.02 Å². The number of halogens is 1. The predicted molar refractivity (Wildman–Crippen MR) is 105 cm³/mol. The second kappa shape index (κ2) is 8.39. The van der Waals surface area contributed by atoms with Crippen molar-refractivity contribution in [1.29, 1.82) is 5.26 Å². The summed E-state index contributed by atoms with van der Waals surface area (Å²) >= 11 is 6.23. The first-order chi connectivity index (χ1) is 13.2. The SMILES string of the molecule is COc1ccc(N/C=C/C2=C(C#N)N(c3ccccc3Cl)CO2)c(OC)c1. The summed E-state index contributed by atoms with van der Waals surface area (Å²) in [4.78, 5) is 1.73. The van der Waals surface area contributed by atoms with Gasteiger partial charge in [0.2, 0.25) is 0 Å². The van der Waals surface area contributed by atoms with Crippen LogP contribution in [0.4, 0.5) is 11.4 Å². The van der Waals surface area contributed by atoms with E-state index >= 15 is 0 Å². The second-order valence-corrected chi connectivity index (χ2v) is 5.93. The number of para-hydroxylation sites is 1. The van der Waals surface area contributed by atoms with Gasteiger partial charge in [0.15, 0.2) is 18.2 Å². The molecular formula is C20H18ClN3O3. The van der Waals surface area contributed by atoms with E-state index in [0.29, 0.717) is 28.0 Å². The normalized spacial score (nSPS) is 13.5.